The summed E-state index contributed by atoms with van der Waals surface area (Å²) >= 11 is 0. The van der Waals surface area contributed by atoms with Crippen molar-refractivity contribution in [2.45, 2.75) is 62.3 Å². The molecule has 0 aliphatic heterocycles. The third-order valence-corrected chi connectivity index (χ3v) is 24.7. The highest BCUT2D eigenvalue weighted by molar-refractivity contribution is 6.08. The molecule has 0 saturated carbocycles. The number of aryl methyl sites for hydroxylation is 8. The first-order valence-electron chi connectivity index (χ1n) is 49.4. The van der Waals surface area contributed by atoms with Gasteiger partial charge in [0.2, 0.25) is 0 Å². The minimum Gasteiger partial charge on any atom is -0.456 e. The average molecular weight is 1950 g/mol. The molecular weight excluding hydrogens is 1840 g/mol. The van der Waals surface area contributed by atoms with Gasteiger partial charge in [0.1, 0.15) is 53.3 Å². The van der Waals surface area contributed by atoms with E-state index in [1.54, 1.807) is 0 Å². The molecule has 0 spiro atoms. The Balaban J connectivity index is 0.000000116. The highest BCUT2D eigenvalue weighted by Gasteiger charge is 2.21. The van der Waals surface area contributed by atoms with Crippen molar-refractivity contribution < 1.29 is 4.42 Å². The lowest BCUT2D eigenvalue weighted by atomic mass is 9.93. The Morgan fingerprint density at radius 1 is 0.213 bits per heavy atom. The molecule has 0 N–H and O–H groups in total. The normalized spacial score (nSPS) is 10.5. The summed E-state index contributed by atoms with van der Waals surface area (Å²) in [5.74, 6) is 4.39. The Morgan fingerprint density at radius 3 is 0.980 bits per heavy atom. The fraction of sp³-hybridized carbons (Fsp3) is 0.0763. The first-order chi connectivity index (χ1) is 73.6. The van der Waals surface area contributed by atoms with E-state index in [4.69, 9.17) is 4.42 Å². The van der Waals surface area contributed by atoms with Crippen LogP contribution in [0.4, 0.5) is 0 Å². The number of hydrogen-bond donors (Lipinski definition) is 0. The summed E-state index contributed by atoms with van der Waals surface area (Å²) in [6.45, 7) is 17.9. The van der Waals surface area contributed by atoms with Gasteiger partial charge in [-0.2, -0.15) is 30.6 Å². The van der Waals surface area contributed by atoms with Crippen molar-refractivity contribution in [1.29, 1.82) is 0 Å². The van der Waals surface area contributed by atoms with Crippen molar-refractivity contribution in [3.63, 3.8) is 0 Å². The second-order valence-electron chi connectivity index (χ2n) is 35.1. The van der Waals surface area contributed by atoms with Crippen LogP contribution in [-0.4, -0.2) is 90.2 Å². The van der Waals surface area contributed by atoms with Crippen molar-refractivity contribution in [3.05, 3.63) is 538 Å². The Morgan fingerprint density at radius 2 is 0.540 bits per heavy atom. The van der Waals surface area contributed by atoms with Gasteiger partial charge in [-0.05, 0) is 137 Å². The van der Waals surface area contributed by atoms with Gasteiger partial charge in [-0.1, -0.05) is 430 Å². The van der Waals surface area contributed by atoms with E-state index in [2.05, 4.69) is 330 Å². The number of rotatable bonds is 12. The zero-order valence-electron chi connectivity index (χ0n) is 85.1. The standard InChI is InChI=1S/C23H18N2.C18H16N2.2C17H14N2.C16H13N3.C13H11N.C13H10O.C10H9N3.C4H5N3/c1-17-21(18-11-5-2-6-12-18)23(20-15-9-4-10-16-20)25-24-22(17)19-13-7-3-8-14-19;1-13-17(15-9-5-3-6-10-15)18(14(2)20-19-13)16-11-7-4-8-12-16;1-13-17(15-10-6-3-7-11-15)16(12-18-19-13)14-8-4-2-5-9-14;1-13-16(14-8-4-2-5-9-14)12-18-19-17(13)15-10-6-3-7-11-15;1-12-17-15(13-8-4-2-5-9-13)19-16(18-12)14-10-6-3-7-11-14;1-14-12-8-4-2-6-10(12)11-7-3-5-9-13(11)14;1-9-6-7-13-11(8-9)10-4-2-3-5-12(10)14-13;1-8-11-7-12-10(13-8)9-5-3-2-4-6-9;1-4-6-2-5-3-7-4/h2-16H,1H3;3-12H,1-2H3;2*2-12H,1H3;2-11H,1H3;2-9H,1H3;2-8H,1H3;2-7H,1H3;2-3H,1H3. The molecule has 9 aromatic heterocycles. The summed E-state index contributed by atoms with van der Waals surface area (Å²) in [4.78, 5) is 36.8. The third kappa shape index (κ3) is 26.2. The van der Waals surface area contributed by atoms with Gasteiger partial charge in [-0.15, -0.1) is 10.2 Å². The predicted octanol–water partition coefficient (Wildman–Crippen LogP) is 31.2. The Kier molecular flexibility index (Phi) is 34.7. The zero-order valence-corrected chi connectivity index (χ0v) is 85.1. The molecule has 25 rings (SSSR count). The molecule has 0 aliphatic carbocycles. The van der Waals surface area contributed by atoms with E-state index in [9.17, 15) is 0 Å². The third-order valence-electron chi connectivity index (χ3n) is 24.7. The van der Waals surface area contributed by atoms with Crippen LogP contribution in [0.25, 0.3) is 178 Å². The number of hydrogen-bond acceptors (Lipinski definition) is 18. The van der Waals surface area contributed by atoms with Gasteiger partial charge in [-0.3, -0.25) is 0 Å². The highest BCUT2D eigenvalue weighted by Crippen LogP contribution is 2.41. The molecule has 730 valence electrons. The van der Waals surface area contributed by atoms with E-state index in [0.717, 1.165) is 141 Å². The summed E-state index contributed by atoms with van der Waals surface area (Å²) in [6, 6.07) is 154. The molecule has 0 bridgehead atoms. The van der Waals surface area contributed by atoms with Crippen LogP contribution < -0.4 is 0 Å². The lowest BCUT2D eigenvalue weighted by molar-refractivity contribution is 0.669. The average Bonchev–Trinajstić information content (AvgIpc) is 1.71. The number of furan rings is 1. The maximum absolute atomic E-state index is 5.71. The van der Waals surface area contributed by atoms with Crippen molar-refractivity contribution >= 4 is 43.7 Å². The van der Waals surface area contributed by atoms with Gasteiger partial charge in [0.25, 0.3) is 0 Å². The van der Waals surface area contributed by atoms with Gasteiger partial charge >= 0.3 is 0 Å². The van der Waals surface area contributed by atoms with Crippen molar-refractivity contribution in [2.24, 2.45) is 7.05 Å². The summed E-state index contributed by atoms with van der Waals surface area (Å²) in [5.41, 5.74) is 34.0. The highest BCUT2D eigenvalue weighted by atomic mass is 16.3. The second kappa shape index (κ2) is 51.1. The molecule has 0 fully saturated rings. The number of para-hydroxylation sites is 3. The minimum absolute atomic E-state index is 0.715. The van der Waals surface area contributed by atoms with Crippen LogP contribution in [0.5, 0.6) is 0 Å². The second-order valence-corrected chi connectivity index (χ2v) is 35.1. The molecule has 16 aromatic carbocycles. The zero-order chi connectivity index (χ0) is 104. The number of aromatic nitrogens is 18. The first-order valence-corrected chi connectivity index (χ1v) is 49.4. The number of fused-ring (bicyclic) bond motifs is 6. The summed E-state index contributed by atoms with van der Waals surface area (Å²) in [5, 5.41) is 39.6. The minimum atomic E-state index is 0.715. The van der Waals surface area contributed by atoms with Crippen LogP contribution in [0.2, 0.25) is 0 Å². The Labute approximate surface area is 874 Å². The van der Waals surface area contributed by atoms with E-state index in [1.807, 2.05) is 297 Å². The van der Waals surface area contributed by atoms with Gasteiger partial charge < -0.3 is 8.98 Å². The van der Waals surface area contributed by atoms with E-state index in [0.29, 0.717) is 11.6 Å². The molecule has 0 unspecified atom stereocenters. The lowest BCUT2D eigenvalue weighted by Crippen LogP contribution is -2.00. The van der Waals surface area contributed by atoms with Crippen molar-refractivity contribution in [2.75, 3.05) is 0 Å². The van der Waals surface area contributed by atoms with Crippen LogP contribution in [0.1, 0.15) is 51.2 Å². The quantitative estimate of drug-likeness (QED) is 0.110. The van der Waals surface area contributed by atoms with Crippen LogP contribution >= 0.6 is 0 Å². The van der Waals surface area contributed by atoms with Gasteiger partial charge in [0.05, 0.1) is 40.9 Å². The van der Waals surface area contributed by atoms with E-state index in [1.165, 1.54) is 96.1 Å². The Bertz CT molecular complexity index is 8390. The maximum atomic E-state index is 5.71. The summed E-state index contributed by atoms with van der Waals surface area (Å²) in [6.07, 6.45) is 8.15. The van der Waals surface area contributed by atoms with Gasteiger partial charge in [-0.25, -0.2) is 44.9 Å². The van der Waals surface area contributed by atoms with E-state index < -0.39 is 0 Å². The number of benzene rings is 16. The van der Waals surface area contributed by atoms with Gasteiger partial charge in [0, 0.05) is 106 Å². The molecule has 0 amide bonds. The monoisotopic (exact) mass is 1950 g/mol. The van der Waals surface area contributed by atoms with Gasteiger partial charge in [0.15, 0.2) is 17.5 Å². The maximum Gasteiger partial charge on any atom is 0.163 e. The molecule has 25 aromatic rings. The van der Waals surface area contributed by atoms with Crippen molar-refractivity contribution in [3.8, 4) is 135 Å². The SMILES string of the molecule is Cc1c(-c2ccccc2)cnnc1-c1ccccc1.Cc1c(-c2ccccc2)nnc(-c2ccccc2)c1-c1ccccc1.Cc1ccc2oc3ccccc3c2c1.Cc1nc(-c2ccccc2)nc(-c2ccccc2)n1.Cc1ncnc(-c2ccccc2)n1.Cc1ncncn1.Cc1nnc(C)c(-c2ccccc2)c1-c1ccccc1.Cc1nncc(-c2ccccc2)c1-c1ccccc1.Cn1c2ccccc2c2ccccc21. The smallest absolute Gasteiger partial charge is 0.163 e. The summed E-state index contributed by atoms with van der Waals surface area (Å²) in [7, 11) is 2.12. The fourth-order valence-electron chi connectivity index (χ4n) is 17.5. The fourth-order valence-corrected chi connectivity index (χ4v) is 17.5. The van der Waals surface area contributed by atoms with Crippen LogP contribution in [0, 0.1) is 62.3 Å². The van der Waals surface area contributed by atoms with Crippen LogP contribution in [0.3, 0.4) is 0 Å². The number of nitrogens with zero attached hydrogens (tertiary/aromatic N) is 18. The first kappa shape index (κ1) is 102. The van der Waals surface area contributed by atoms with E-state index >= 15 is 0 Å². The lowest BCUT2D eigenvalue weighted by Gasteiger charge is -2.15. The predicted molar refractivity (Wildman–Crippen MR) is 610 cm³/mol. The molecule has 0 saturated heterocycles. The van der Waals surface area contributed by atoms with Crippen molar-refractivity contribution in [1.82, 2.24) is 90.2 Å². The molecule has 0 aliphatic rings. The topological polar surface area (TPSA) is 237 Å². The van der Waals surface area contributed by atoms with Crippen LogP contribution in [0.15, 0.2) is 491 Å². The molecule has 0 radical (unpaired) electrons. The molecule has 9 heterocycles. The van der Waals surface area contributed by atoms with Crippen LogP contribution in [-0.2, 0) is 7.05 Å². The molecule has 150 heavy (non-hydrogen) atoms. The Hall–Kier alpha value is -19.5. The van der Waals surface area contributed by atoms with E-state index in [-0.39, 0.29) is 0 Å². The largest absolute Gasteiger partial charge is 0.456 e. The molecule has 0 atom stereocenters. The molecule has 19 heteroatoms. The summed E-state index contributed by atoms with van der Waals surface area (Å²) < 4.78 is 7.95. The molecular formula is C131H110N18O. The molecule has 19 nitrogen and oxygen atoms in total.